The molecule has 0 saturated carbocycles. The van der Waals surface area contributed by atoms with Gasteiger partial charge in [0.15, 0.2) is 19.2 Å². The van der Waals surface area contributed by atoms with Gasteiger partial charge in [-0.3, -0.25) is 19.2 Å². The van der Waals surface area contributed by atoms with Crippen LogP contribution >= 0.6 is 8.15 Å². The molecule has 8 heteroatoms. The summed E-state index contributed by atoms with van der Waals surface area (Å²) in [6.07, 6.45) is 19.5. The highest BCUT2D eigenvalue weighted by molar-refractivity contribution is 7.84. The third-order valence-electron chi connectivity index (χ3n) is 7.05. The van der Waals surface area contributed by atoms with Crippen molar-refractivity contribution in [3.05, 3.63) is 0 Å². The zero-order valence-corrected chi connectivity index (χ0v) is 26.8. The van der Waals surface area contributed by atoms with Crippen LogP contribution < -0.4 is 5.32 Å². The first-order valence-electron chi connectivity index (χ1n) is 15.6. The lowest BCUT2D eigenvalue weighted by Gasteiger charge is -2.23. The Hall–Kier alpha value is -1.17. The second-order valence-electron chi connectivity index (χ2n) is 12.3. The Labute approximate surface area is 240 Å². The number of ketones is 1. The van der Waals surface area contributed by atoms with Crippen molar-refractivity contribution in [2.75, 3.05) is 27.7 Å². The van der Waals surface area contributed by atoms with Gasteiger partial charge in [-0.2, -0.15) is 0 Å². The molecule has 0 aromatic heterocycles. The van der Waals surface area contributed by atoms with Gasteiger partial charge in [-0.1, -0.05) is 90.4 Å². The maximum atomic E-state index is 12.5. The van der Waals surface area contributed by atoms with Crippen molar-refractivity contribution in [2.24, 2.45) is 0 Å². The summed E-state index contributed by atoms with van der Waals surface area (Å²) in [6.45, 7) is 4.51. The molecule has 7 nitrogen and oxygen atoms in total. The molecule has 39 heavy (non-hydrogen) atoms. The van der Waals surface area contributed by atoms with E-state index in [1.54, 1.807) is 0 Å². The van der Waals surface area contributed by atoms with E-state index in [9.17, 15) is 24.1 Å². The normalized spacial score (nSPS) is 13.2. The van der Waals surface area contributed by atoms with E-state index in [4.69, 9.17) is 0 Å². The molecule has 0 saturated heterocycles. The summed E-state index contributed by atoms with van der Waals surface area (Å²) in [4.78, 5) is 59.2. The van der Waals surface area contributed by atoms with E-state index in [0.29, 0.717) is 12.8 Å². The summed E-state index contributed by atoms with van der Waals surface area (Å²) in [6, 6.07) is -0.669. The fourth-order valence-electron chi connectivity index (χ4n) is 4.76. The van der Waals surface area contributed by atoms with E-state index in [1.807, 2.05) is 0 Å². The monoisotopic (exact) mass is 571 g/mol. The number of hydrogen-bond acceptors (Lipinski definition) is 5. The standard InChI is InChI=1S/C31H59N2O5P/c1-6-7-8-9-10-11-12-13-14-15-16-17-18-19-22-29(35)25-28(32-27(2)34)26-31(37)39(38)30(36)23-20-21-24-33(3,4)5/h28,38H,6-26H2,1-5H3/p+1. The molecule has 0 heterocycles. The smallest absolute Gasteiger partial charge is 0.217 e. The zero-order chi connectivity index (χ0) is 29.5. The quantitative estimate of drug-likeness (QED) is 0.0626. The maximum Gasteiger partial charge on any atom is 0.217 e. The Morgan fingerprint density at radius 2 is 1.13 bits per heavy atom. The van der Waals surface area contributed by atoms with Crippen molar-refractivity contribution >= 4 is 30.9 Å². The predicted molar refractivity (Wildman–Crippen MR) is 163 cm³/mol. The van der Waals surface area contributed by atoms with Crippen molar-refractivity contribution in [1.82, 2.24) is 5.32 Å². The topological polar surface area (TPSA) is 101 Å². The molecule has 0 rings (SSSR count). The van der Waals surface area contributed by atoms with Crippen LogP contribution in [0, 0.1) is 0 Å². The van der Waals surface area contributed by atoms with E-state index < -0.39 is 25.2 Å². The summed E-state index contributed by atoms with van der Waals surface area (Å²) < 4.78 is 0.798. The van der Waals surface area contributed by atoms with Crippen molar-refractivity contribution < 1.29 is 28.6 Å². The second-order valence-corrected chi connectivity index (χ2v) is 13.9. The van der Waals surface area contributed by atoms with Gasteiger partial charge in [0.25, 0.3) is 0 Å². The fraction of sp³-hybridized carbons (Fsp3) is 0.871. The van der Waals surface area contributed by atoms with E-state index in [-0.39, 0.29) is 31.0 Å². The number of nitrogens with zero attached hydrogens (tertiary/aromatic N) is 1. The lowest BCUT2D eigenvalue weighted by atomic mass is 10.0. The molecule has 0 bridgehead atoms. The van der Waals surface area contributed by atoms with Crippen molar-refractivity contribution in [3.8, 4) is 0 Å². The highest BCUT2D eigenvalue weighted by Gasteiger charge is 2.28. The largest absolute Gasteiger partial charge is 0.360 e. The molecule has 1 amide bonds. The first-order chi connectivity index (χ1) is 18.5. The molecule has 228 valence electrons. The molecular weight excluding hydrogens is 511 g/mol. The number of hydrogen-bond donors (Lipinski definition) is 2. The van der Waals surface area contributed by atoms with E-state index in [1.165, 1.54) is 77.6 Å². The number of rotatable bonds is 27. The van der Waals surface area contributed by atoms with Gasteiger partial charge in [-0.15, -0.1) is 0 Å². The Morgan fingerprint density at radius 1 is 0.667 bits per heavy atom. The van der Waals surface area contributed by atoms with Crippen LogP contribution in [-0.4, -0.2) is 65.8 Å². The number of nitrogens with one attached hydrogen (secondary N) is 1. The third kappa shape index (κ3) is 24.4. The minimum Gasteiger partial charge on any atom is -0.360 e. The van der Waals surface area contributed by atoms with Crippen LogP contribution in [0.4, 0.5) is 0 Å². The summed E-state index contributed by atoms with van der Waals surface area (Å²) in [5.74, 6) is -0.319. The number of Topliss-reactive ketones (excluding diaryl/α,β-unsaturated/α-hetero) is 1. The molecule has 0 spiro atoms. The molecule has 0 aliphatic rings. The molecule has 0 fully saturated rings. The number of carbonyl (C=O) groups is 4. The van der Waals surface area contributed by atoms with Gasteiger partial charge in [-0.05, 0) is 19.3 Å². The van der Waals surface area contributed by atoms with Gasteiger partial charge in [0, 0.05) is 38.6 Å². The van der Waals surface area contributed by atoms with Crippen LogP contribution in [0.15, 0.2) is 0 Å². The van der Waals surface area contributed by atoms with Gasteiger partial charge >= 0.3 is 0 Å². The molecule has 0 aliphatic heterocycles. The van der Waals surface area contributed by atoms with Crippen molar-refractivity contribution in [1.29, 1.82) is 0 Å². The lowest BCUT2D eigenvalue weighted by Crippen LogP contribution is -2.36. The lowest BCUT2D eigenvalue weighted by molar-refractivity contribution is -0.870. The van der Waals surface area contributed by atoms with Crippen molar-refractivity contribution in [2.45, 2.75) is 148 Å². The first-order valence-corrected chi connectivity index (χ1v) is 16.9. The van der Waals surface area contributed by atoms with E-state index >= 15 is 0 Å². The third-order valence-corrected chi connectivity index (χ3v) is 8.40. The van der Waals surface area contributed by atoms with Crippen LogP contribution in [0.25, 0.3) is 0 Å². The average Bonchev–Trinajstić information content (AvgIpc) is 2.85. The summed E-state index contributed by atoms with van der Waals surface area (Å²) in [5, 5.41) is 2.66. The zero-order valence-electron chi connectivity index (χ0n) is 25.9. The first kappa shape index (κ1) is 37.8. The Balaban J connectivity index is 4.11. The fourth-order valence-corrected chi connectivity index (χ4v) is 5.80. The van der Waals surface area contributed by atoms with Crippen LogP contribution in [0.3, 0.4) is 0 Å². The van der Waals surface area contributed by atoms with Crippen LogP contribution in [0.2, 0.25) is 0 Å². The minimum atomic E-state index is -2.40. The van der Waals surface area contributed by atoms with Crippen LogP contribution in [0.1, 0.15) is 142 Å². The summed E-state index contributed by atoms with van der Waals surface area (Å²) in [7, 11) is 3.83. The van der Waals surface area contributed by atoms with E-state index in [2.05, 4.69) is 33.4 Å². The molecule has 0 aromatic carbocycles. The number of quaternary nitrogens is 1. The van der Waals surface area contributed by atoms with Crippen LogP contribution in [-0.2, 0) is 19.2 Å². The average molecular weight is 572 g/mol. The molecule has 0 radical (unpaired) electrons. The number of unbranched alkanes of at least 4 members (excludes halogenated alkanes) is 14. The highest BCUT2D eigenvalue weighted by atomic mass is 31.1. The second kappa shape index (κ2) is 23.5. The van der Waals surface area contributed by atoms with E-state index in [0.717, 1.165) is 36.7 Å². The molecule has 0 aliphatic carbocycles. The van der Waals surface area contributed by atoms with Gasteiger partial charge in [0.05, 0.1) is 27.7 Å². The summed E-state index contributed by atoms with van der Waals surface area (Å²) >= 11 is 0. The number of carbonyl (C=O) groups excluding carboxylic acids is 4. The molecule has 2 atom stereocenters. The van der Waals surface area contributed by atoms with Gasteiger partial charge in [0.2, 0.25) is 5.91 Å². The van der Waals surface area contributed by atoms with Gasteiger partial charge < -0.3 is 14.7 Å². The SMILES string of the molecule is CCCCCCCCCCCCCCCCC(=O)CC(CC(=O)P(O)C(=O)CCCC[N+](C)(C)C)NC(C)=O. The summed E-state index contributed by atoms with van der Waals surface area (Å²) in [5.41, 5.74) is -0.989. The Kier molecular flexibility index (Phi) is 22.8. The molecular formula is C31H60N2O5P+. The molecule has 2 unspecified atom stereocenters. The maximum absolute atomic E-state index is 12.5. The Morgan fingerprint density at radius 3 is 1.59 bits per heavy atom. The van der Waals surface area contributed by atoms with Crippen molar-refractivity contribution in [3.63, 3.8) is 0 Å². The molecule has 0 aromatic rings. The van der Waals surface area contributed by atoms with Gasteiger partial charge in [0.1, 0.15) is 5.78 Å². The van der Waals surface area contributed by atoms with Gasteiger partial charge in [-0.25, -0.2) is 0 Å². The number of amides is 1. The highest BCUT2D eigenvalue weighted by Crippen LogP contribution is 2.36. The molecule has 2 N–H and O–H groups in total. The minimum absolute atomic E-state index is 0.00869. The van der Waals surface area contributed by atoms with Crippen LogP contribution in [0.5, 0.6) is 0 Å². The Bertz CT molecular complexity index is 693. The predicted octanol–water partition coefficient (Wildman–Crippen LogP) is 7.03.